The van der Waals surface area contributed by atoms with Crippen molar-refractivity contribution in [2.75, 3.05) is 0 Å². The van der Waals surface area contributed by atoms with Gasteiger partial charge >= 0.3 is 5.69 Å². The molecule has 0 bridgehead atoms. The third-order valence-electron chi connectivity index (χ3n) is 3.33. The van der Waals surface area contributed by atoms with Crippen molar-refractivity contribution < 1.29 is 15.1 Å². The first kappa shape index (κ1) is 12.9. The fraction of sp³-hybridized carbons (Fsp3) is 0. The normalized spacial score (nSPS) is 10.7. The van der Waals surface area contributed by atoms with Crippen LogP contribution in [0.2, 0.25) is 0 Å². The van der Waals surface area contributed by atoms with Gasteiger partial charge in [-0.25, -0.2) is 0 Å². The Bertz CT molecular complexity index is 858. The van der Waals surface area contributed by atoms with Gasteiger partial charge in [0, 0.05) is 6.07 Å². The summed E-state index contributed by atoms with van der Waals surface area (Å²) >= 11 is 0. The highest BCUT2D eigenvalue weighted by atomic mass is 16.6. The SMILES string of the molecule is O=[N+]([O-])c1cc(-c2ccc3cc(O)ccc3c2)ccc1O. The summed E-state index contributed by atoms with van der Waals surface area (Å²) in [5.74, 6) is -0.162. The van der Waals surface area contributed by atoms with Crippen molar-refractivity contribution in [1.29, 1.82) is 0 Å². The topological polar surface area (TPSA) is 83.6 Å². The molecule has 0 saturated carbocycles. The summed E-state index contributed by atoms with van der Waals surface area (Å²) in [5, 5.41) is 31.6. The lowest BCUT2D eigenvalue weighted by molar-refractivity contribution is -0.385. The van der Waals surface area contributed by atoms with Crippen molar-refractivity contribution in [3.8, 4) is 22.6 Å². The van der Waals surface area contributed by atoms with Gasteiger partial charge in [-0.3, -0.25) is 10.1 Å². The van der Waals surface area contributed by atoms with Crippen LogP contribution in [0.5, 0.6) is 11.5 Å². The Balaban J connectivity index is 2.14. The van der Waals surface area contributed by atoms with Gasteiger partial charge in [0.05, 0.1) is 4.92 Å². The molecule has 3 aromatic carbocycles. The third-order valence-corrected chi connectivity index (χ3v) is 3.33. The van der Waals surface area contributed by atoms with E-state index >= 15 is 0 Å². The molecule has 21 heavy (non-hydrogen) atoms. The van der Waals surface area contributed by atoms with Crippen LogP contribution in [0.4, 0.5) is 5.69 Å². The van der Waals surface area contributed by atoms with Crippen LogP contribution in [-0.4, -0.2) is 15.1 Å². The zero-order chi connectivity index (χ0) is 15.0. The Morgan fingerprint density at radius 1 is 0.810 bits per heavy atom. The van der Waals surface area contributed by atoms with E-state index < -0.39 is 4.92 Å². The Kier molecular flexibility index (Phi) is 2.95. The molecule has 0 aliphatic heterocycles. The van der Waals surface area contributed by atoms with Gasteiger partial charge in [0.25, 0.3) is 0 Å². The number of benzene rings is 3. The van der Waals surface area contributed by atoms with Gasteiger partial charge in [-0.2, -0.15) is 0 Å². The van der Waals surface area contributed by atoms with Crippen molar-refractivity contribution >= 4 is 16.5 Å². The molecular weight excluding hydrogens is 270 g/mol. The van der Waals surface area contributed by atoms with Crippen LogP contribution < -0.4 is 0 Å². The fourth-order valence-corrected chi connectivity index (χ4v) is 2.26. The van der Waals surface area contributed by atoms with Crippen LogP contribution in [0, 0.1) is 10.1 Å². The van der Waals surface area contributed by atoms with E-state index in [2.05, 4.69) is 0 Å². The zero-order valence-electron chi connectivity index (χ0n) is 10.9. The largest absolute Gasteiger partial charge is 0.508 e. The van der Waals surface area contributed by atoms with Crippen LogP contribution in [0.3, 0.4) is 0 Å². The van der Waals surface area contributed by atoms with Crippen LogP contribution in [-0.2, 0) is 0 Å². The molecule has 0 heterocycles. The fourth-order valence-electron chi connectivity index (χ4n) is 2.26. The molecule has 0 aliphatic rings. The predicted molar refractivity (Wildman–Crippen MR) is 79.4 cm³/mol. The van der Waals surface area contributed by atoms with E-state index in [1.165, 1.54) is 12.1 Å². The molecular formula is C16H11NO4. The lowest BCUT2D eigenvalue weighted by Gasteiger charge is -2.05. The molecule has 0 atom stereocenters. The highest BCUT2D eigenvalue weighted by molar-refractivity contribution is 5.88. The number of nitro benzene ring substituents is 1. The summed E-state index contributed by atoms with van der Waals surface area (Å²) in [6.45, 7) is 0. The molecule has 0 spiro atoms. The molecule has 0 unspecified atom stereocenters. The number of aromatic hydroxyl groups is 2. The van der Waals surface area contributed by atoms with E-state index in [1.807, 2.05) is 18.2 Å². The number of rotatable bonds is 2. The number of hydrogen-bond donors (Lipinski definition) is 2. The van der Waals surface area contributed by atoms with E-state index in [-0.39, 0.29) is 17.2 Å². The number of phenols is 2. The zero-order valence-corrected chi connectivity index (χ0v) is 10.9. The Hall–Kier alpha value is -3.08. The van der Waals surface area contributed by atoms with Crippen LogP contribution in [0.25, 0.3) is 21.9 Å². The standard InChI is InChI=1S/C16H11NO4/c18-14-5-3-11-7-10(1-2-12(11)8-14)13-4-6-16(19)15(9-13)17(20)21/h1-9,18-19H. The summed E-state index contributed by atoms with van der Waals surface area (Å²) in [7, 11) is 0. The van der Waals surface area contributed by atoms with E-state index in [1.54, 1.807) is 24.3 Å². The smallest absolute Gasteiger partial charge is 0.311 e. The van der Waals surface area contributed by atoms with Crippen LogP contribution >= 0.6 is 0 Å². The molecule has 0 radical (unpaired) electrons. The molecule has 3 rings (SSSR count). The Labute approximate surface area is 119 Å². The van der Waals surface area contributed by atoms with Gasteiger partial charge in [0.2, 0.25) is 0 Å². The second-order valence-electron chi connectivity index (χ2n) is 4.71. The summed E-state index contributed by atoms with van der Waals surface area (Å²) in [5.41, 5.74) is 1.13. The first-order valence-corrected chi connectivity index (χ1v) is 6.25. The lowest BCUT2D eigenvalue weighted by Crippen LogP contribution is -1.89. The van der Waals surface area contributed by atoms with Crippen molar-refractivity contribution in [3.63, 3.8) is 0 Å². The number of phenolic OH excluding ortho intramolecular Hbond substituents is 2. The average Bonchev–Trinajstić information content (AvgIpc) is 2.47. The minimum absolute atomic E-state index is 0.190. The average molecular weight is 281 g/mol. The second kappa shape index (κ2) is 4.79. The van der Waals surface area contributed by atoms with Gasteiger partial charge in [-0.1, -0.05) is 24.3 Å². The van der Waals surface area contributed by atoms with Gasteiger partial charge < -0.3 is 10.2 Å². The Morgan fingerprint density at radius 2 is 1.43 bits per heavy atom. The van der Waals surface area contributed by atoms with Gasteiger partial charge in [-0.05, 0) is 46.2 Å². The number of nitrogens with zero attached hydrogens (tertiary/aromatic N) is 1. The van der Waals surface area contributed by atoms with Crippen molar-refractivity contribution in [1.82, 2.24) is 0 Å². The van der Waals surface area contributed by atoms with Crippen LogP contribution in [0.15, 0.2) is 54.6 Å². The molecule has 5 nitrogen and oxygen atoms in total. The van der Waals surface area contributed by atoms with Gasteiger partial charge in [-0.15, -0.1) is 0 Å². The highest BCUT2D eigenvalue weighted by Gasteiger charge is 2.14. The highest BCUT2D eigenvalue weighted by Crippen LogP contribution is 2.33. The maximum Gasteiger partial charge on any atom is 0.311 e. The molecule has 2 N–H and O–H groups in total. The van der Waals surface area contributed by atoms with E-state index in [0.29, 0.717) is 5.56 Å². The van der Waals surface area contributed by atoms with Gasteiger partial charge in [0.1, 0.15) is 5.75 Å². The number of hydrogen-bond acceptors (Lipinski definition) is 4. The quantitative estimate of drug-likeness (QED) is 0.552. The van der Waals surface area contributed by atoms with E-state index in [9.17, 15) is 20.3 Å². The first-order valence-electron chi connectivity index (χ1n) is 6.25. The summed E-state index contributed by atoms with van der Waals surface area (Å²) in [6.07, 6.45) is 0. The molecule has 0 saturated heterocycles. The monoisotopic (exact) mass is 281 g/mol. The second-order valence-corrected chi connectivity index (χ2v) is 4.71. The molecule has 3 aromatic rings. The van der Waals surface area contributed by atoms with Crippen molar-refractivity contribution in [3.05, 3.63) is 64.7 Å². The van der Waals surface area contributed by atoms with Crippen molar-refractivity contribution in [2.24, 2.45) is 0 Å². The van der Waals surface area contributed by atoms with Gasteiger partial charge in [0.15, 0.2) is 5.75 Å². The number of nitro groups is 1. The summed E-state index contributed by atoms with van der Waals surface area (Å²) in [6, 6.07) is 14.8. The molecule has 0 fully saturated rings. The minimum atomic E-state index is -0.613. The van der Waals surface area contributed by atoms with Crippen molar-refractivity contribution in [2.45, 2.75) is 0 Å². The maximum absolute atomic E-state index is 10.9. The molecule has 104 valence electrons. The molecule has 0 aromatic heterocycles. The molecule has 0 amide bonds. The third kappa shape index (κ3) is 2.36. The Morgan fingerprint density at radius 3 is 2.19 bits per heavy atom. The lowest BCUT2D eigenvalue weighted by atomic mass is 10.0. The van der Waals surface area contributed by atoms with E-state index in [0.717, 1.165) is 16.3 Å². The summed E-state index contributed by atoms with van der Waals surface area (Å²) in [4.78, 5) is 10.3. The first-order chi connectivity index (χ1) is 10.0. The van der Waals surface area contributed by atoms with Crippen LogP contribution in [0.1, 0.15) is 0 Å². The number of fused-ring (bicyclic) bond motifs is 1. The summed E-state index contributed by atoms with van der Waals surface area (Å²) < 4.78 is 0. The molecule has 5 heteroatoms. The van der Waals surface area contributed by atoms with E-state index in [4.69, 9.17) is 0 Å². The predicted octanol–water partition coefficient (Wildman–Crippen LogP) is 3.83. The molecule has 0 aliphatic carbocycles. The maximum atomic E-state index is 10.9. The minimum Gasteiger partial charge on any atom is -0.508 e.